The van der Waals surface area contributed by atoms with Gasteiger partial charge in [0, 0.05) is 26.4 Å². The van der Waals surface area contributed by atoms with Gasteiger partial charge in [0.2, 0.25) is 5.91 Å². The van der Waals surface area contributed by atoms with Gasteiger partial charge in [-0.2, -0.15) is 0 Å². The van der Waals surface area contributed by atoms with Crippen molar-refractivity contribution in [1.82, 2.24) is 4.90 Å². The van der Waals surface area contributed by atoms with Crippen molar-refractivity contribution in [2.75, 3.05) is 14.2 Å². The van der Waals surface area contributed by atoms with Crippen molar-refractivity contribution >= 4 is 16.7 Å². The molecule has 0 bridgehead atoms. The minimum absolute atomic E-state index is 0.112. The molecule has 0 N–H and O–H groups in total. The zero-order valence-electron chi connectivity index (χ0n) is 14.0. The Kier molecular flexibility index (Phi) is 4.85. The molecule has 0 saturated heterocycles. The highest BCUT2D eigenvalue weighted by Crippen LogP contribution is 2.22. The van der Waals surface area contributed by atoms with Crippen LogP contribution in [0.4, 0.5) is 0 Å². The molecule has 0 fully saturated rings. The van der Waals surface area contributed by atoms with Gasteiger partial charge in [-0.15, -0.1) is 0 Å². The van der Waals surface area contributed by atoms with Crippen molar-refractivity contribution in [1.29, 1.82) is 0 Å². The number of hydrogen-bond acceptors (Lipinski definition) is 3. The maximum absolute atomic E-state index is 12.3. The third kappa shape index (κ3) is 3.77. The van der Waals surface area contributed by atoms with Crippen LogP contribution in [0.1, 0.15) is 17.7 Å². The lowest BCUT2D eigenvalue weighted by molar-refractivity contribution is -0.130. The molecule has 0 aliphatic heterocycles. The monoisotopic (exact) mass is 323 g/mol. The molecular weight excluding hydrogens is 302 g/mol. The minimum atomic E-state index is 0.112. The van der Waals surface area contributed by atoms with Gasteiger partial charge in [0.25, 0.3) is 0 Å². The lowest BCUT2D eigenvalue weighted by Crippen LogP contribution is -2.26. The Hall–Kier alpha value is -2.75. The Morgan fingerprint density at radius 2 is 1.92 bits per heavy atom. The van der Waals surface area contributed by atoms with E-state index in [1.807, 2.05) is 37.4 Å². The first kappa shape index (κ1) is 16.1. The molecule has 1 aromatic heterocycles. The Bertz CT molecular complexity index is 824. The summed E-state index contributed by atoms with van der Waals surface area (Å²) in [5.41, 5.74) is 1.11. The number of amides is 1. The van der Waals surface area contributed by atoms with Crippen molar-refractivity contribution in [2.24, 2.45) is 0 Å². The number of furan rings is 1. The molecule has 0 unspecified atom stereocenters. The van der Waals surface area contributed by atoms with E-state index in [0.29, 0.717) is 19.4 Å². The number of rotatable bonds is 6. The second kappa shape index (κ2) is 7.21. The van der Waals surface area contributed by atoms with Gasteiger partial charge in [-0.25, -0.2) is 0 Å². The molecule has 1 heterocycles. The summed E-state index contributed by atoms with van der Waals surface area (Å²) in [4.78, 5) is 14.0. The second-order valence-corrected chi connectivity index (χ2v) is 5.88. The predicted octanol–water partition coefficient (Wildman–Crippen LogP) is 4.03. The largest absolute Gasteiger partial charge is 0.497 e. The summed E-state index contributed by atoms with van der Waals surface area (Å²) >= 11 is 0. The highest BCUT2D eigenvalue weighted by molar-refractivity contribution is 5.84. The molecule has 24 heavy (non-hydrogen) atoms. The summed E-state index contributed by atoms with van der Waals surface area (Å²) < 4.78 is 10.5. The Balaban J connectivity index is 1.63. The first-order valence-electron chi connectivity index (χ1n) is 7.99. The molecule has 1 amide bonds. The molecule has 4 heteroatoms. The lowest BCUT2D eigenvalue weighted by atomic mass is 10.1. The quantitative estimate of drug-likeness (QED) is 0.688. The smallest absolute Gasteiger partial charge is 0.223 e. The summed E-state index contributed by atoms with van der Waals surface area (Å²) in [6.45, 7) is 0.596. The molecule has 3 aromatic rings. The topological polar surface area (TPSA) is 42.7 Å². The molecule has 0 atom stereocenters. The van der Waals surface area contributed by atoms with E-state index in [1.54, 1.807) is 18.3 Å². The lowest BCUT2D eigenvalue weighted by Gasteiger charge is -2.17. The summed E-state index contributed by atoms with van der Waals surface area (Å²) in [7, 11) is 3.50. The molecule has 4 nitrogen and oxygen atoms in total. The summed E-state index contributed by atoms with van der Waals surface area (Å²) in [6, 6.07) is 16.0. The third-order valence-electron chi connectivity index (χ3n) is 4.12. The molecule has 0 aliphatic carbocycles. The number of hydrogen-bond donors (Lipinski definition) is 0. The average molecular weight is 323 g/mol. The Morgan fingerprint density at radius 1 is 1.12 bits per heavy atom. The van der Waals surface area contributed by atoms with E-state index >= 15 is 0 Å². The van der Waals surface area contributed by atoms with E-state index < -0.39 is 0 Å². The molecule has 3 rings (SSSR count). The Labute approximate surface area is 141 Å². The van der Waals surface area contributed by atoms with Gasteiger partial charge in [0.1, 0.15) is 11.5 Å². The standard InChI is InChI=1S/C20H21NO3/c1-21(20(22)10-9-18-4-3-11-24-18)14-15-5-6-17-13-19(23-2)8-7-16(17)12-15/h3-8,11-13H,9-10,14H2,1-2H3. The van der Waals surface area contributed by atoms with Crippen molar-refractivity contribution < 1.29 is 13.9 Å². The zero-order chi connectivity index (χ0) is 16.9. The predicted molar refractivity (Wildman–Crippen MR) is 94.0 cm³/mol. The number of ether oxygens (including phenoxy) is 1. The van der Waals surface area contributed by atoms with Crippen LogP contribution < -0.4 is 4.74 Å². The van der Waals surface area contributed by atoms with Gasteiger partial charge in [0.05, 0.1) is 13.4 Å². The number of benzene rings is 2. The fourth-order valence-electron chi connectivity index (χ4n) is 2.74. The van der Waals surface area contributed by atoms with E-state index in [9.17, 15) is 4.79 Å². The van der Waals surface area contributed by atoms with Crippen LogP contribution in [0, 0.1) is 0 Å². The normalized spacial score (nSPS) is 10.8. The van der Waals surface area contributed by atoms with Crippen molar-refractivity contribution in [3.8, 4) is 5.75 Å². The fraction of sp³-hybridized carbons (Fsp3) is 0.250. The highest BCUT2D eigenvalue weighted by Gasteiger charge is 2.11. The number of fused-ring (bicyclic) bond motifs is 1. The Morgan fingerprint density at radius 3 is 2.67 bits per heavy atom. The van der Waals surface area contributed by atoms with Crippen LogP contribution in [0.5, 0.6) is 5.75 Å². The van der Waals surface area contributed by atoms with E-state index in [2.05, 4.69) is 18.2 Å². The van der Waals surface area contributed by atoms with Gasteiger partial charge in [-0.05, 0) is 46.7 Å². The molecule has 2 aromatic carbocycles. The van der Waals surface area contributed by atoms with Crippen LogP contribution in [-0.2, 0) is 17.8 Å². The van der Waals surface area contributed by atoms with Gasteiger partial charge in [-0.3, -0.25) is 4.79 Å². The second-order valence-electron chi connectivity index (χ2n) is 5.88. The zero-order valence-corrected chi connectivity index (χ0v) is 14.0. The first-order valence-corrected chi connectivity index (χ1v) is 7.99. The molecule has 0 spiro atoms. The van der Waals surface area contributed by atoms with Gasteiger partial charge in [0.15, 0.2) is 0 Å². The van der Waals surface area contributed by atoms with E-state index in [4.69, 9.17) is 9.15 Å². The van der Waals surface area contributed by atoms with Crippen LogP contribution in [0.3, 0.4) is 0 Å². The molecule has 0 aliphatic rings. The van der Waals surface area contributed by atoms with E-state index in [-0.39, 0.29) is 5.91 Å². The SMILES string of the molecule is COc1ccc2cc(CN(C)C(=O)CCc3ccco3)ccc2c1. The summed E-state index contributed by atoms with van der Waals surface area (Å²) in [6.07, 6.45) is 2.72. The summed E-state index contributed by atoms with van der Waals surface area (Å²) in [5.74, 6) is 1.80. The number of carbonyl (C=O) groups excluding carboxylic acids is 1. The van der Waals surface area contributed by atoms with Crippen molar-refractivity contribution in [2.45, 2.75) is 19.4 Å². The fourth-order valence-corrected chi connectivity index (χ4v) is 2.74. The molecule has 124 valence electrons. The van der Waals surface area contributed by atoms with Gasteiger partial charge < -0.3 is 14.1 Å². The van der Waals surface area contributed by atoms with Crippen LogP contribution in [0.25, 0.3) is 10.8 Å². The van der Waals surface area contributed by atoms with E-state index in [0.717, 1.165) is 27.8 Å². The van der Waals surface area contributed by atoms with Gasteiger partial charge >= 0.3 is 0 Å². The average Bonchev–Trinajstić information content (AvgIpc) is 3.12. The van der Waals surface area contributed by atoms with Crippen LogP contribution >= 0.6 is 0 Å². The third-order valence-corrected chi connectivity index (χ3v) is 4.12. The van der Waals surface area contributed by atoms with Crippen LogP contribution in [0.2, 0.25) is 0 Å². The van der Waals surface area contributed by atoms with E-state index in [1.165, 1.54) is 0 Å². The summed E-state index contributed by atoms with van der Waals surface area (Å²) in [5, 5.41) is 2.27. The maximum Gasteiger partial charge on any atom is 0.223 e. The number of nitrogens with zero attached hydrogens (tertiary/aromatic N) is 1. The van der Waals surface area contributed by atoms with Crippen molar-refractivity contribution in [3.05, 3.63) is 66.1 Å². The minimum Gasteiger partial charge on any atom is -0.497 e. The molecular formula is C20H21NO3. The number of methoxy groups -OCH3 is 1. The van der Waals surface area contributed by atoms with Crippen LogP contribution in [0.15, 0.2) is 59.2 Å². The van der Waals surface area contributed by atoms with Crippen LogP contribution in [-0.4, -0.2) is 25.0 Å². The highest BCUT2D eigenvalue weighted by atomic mass is 16.5. The van der Waals surface area contributed by atoms with Crippen molar-refractivity contribution in [3.63, 3.8) is 0 Å². The molecule has 0 saturated carbocycles. The number of aryl methyl sites for hydroxylation is 1. The molecule has 0 radical (unpaired) electrons. The maximum atomic E-state index is 12.3. The van der Waals surface area contributed by atoms with Gasteiger partial charge in [-0.1, -0.05) is 18.2 Å². The number of carbonyl (C=O) groups is 1. The first-order chi connectivity index (χ1) is 11.7.